The zero-order chi connectivity index (χ0) is 30.2. The van der Waals surface area contributed by atoms with Crippen LogP contribution in [0.4, 0.5) is 0 Å². The Bertz CT molecular complexity index is 1260. The first kappa shape index (κ1) is 31.3. The van der Waals surface area contributed by atoms with Crippen molar-refractivity contribution in [2.75, 3.05) is 26.7 Å². The Balaban J connectivity index is 1.69. The first-order valence-corrected chi connectivity index (χ1v) is 14.9. The smallest absolute Gasteiger partial charge is 0.245 e. The van der Waals surface area contributed by atoms with Crippen molar-refractivity contribution in [3.63, 3.8) is 0 Å². The predicted molar refractivity (Wildman–Crippen MR) is 161 cm³/mol. The highest BCUT2D eigenvalue weighted by Crippen LogP contribution is 2.31. The molecule has 4 rings (SSSR count). The van der Waals surface area contributed by atoms with E-state index in [0.717, 1.165) is 43.4 Å². The number of carbonyl (C=O) groups excluding carboxylic acids is 3. The predicted octanol–water partition coefficient (Wildman–Crippen LogP) is 0.890. The van der Waals surface area contributed by atoms with Gasteiger partial charge in [0.05, 0.1) is 6.04 Å². The van der Waals surface area contributed by atoms with Crippen LogP contribution in [-0.2, 0) is 27.2 Å². The van der Waals surface area contributed by atoms with Gasteiger partial charge in [0, 0.05) is 32.5 Å². The number of nitrogens with one attached hydrogen (secondary N) is 3. The standard InChI is InChI=1S/C31H44N6O5/c1-37-26(30(41)35-14-11-23-5-2-3-13-34-23)18-22-16-20(8-10-28(22)39)19-7-9-27(38)21(15-19)17-24(33)29(40)36-25(31(37)42)6-4-12-32/h7-10,15-16,23-26,34,38-39H,2-6,11-14,17-18,32-33H2,1H3,(H,35,41)(H,36,40)/t23?,24-,25-,26-/m0/s1. The van der Waals surface area contributed by atoms with Crippen LogP contribution in [0.3, 0.4) is 0 Å². The van der Waals surface area contributed by atoms with Crippen molar-refractivity contribution in [2.24, 2.45) is 11.5 Å². The highest BCUT2D eigenvalue weighted by atomic mass is 16.3. The molecular weight excluding hydrogens is 536 g/mol. The number of hydrogen-bond acceptors (Lipinski definition) is 8. The van der Waals surface area contributed by atoms with E-state index in [2.05, 4.69) is 16.0 Å². The van der Waals surface area contributed by atoms with E-state index in [-0.39, 0.29) is 36.7 Å². The number of fused-ring (bicyclic) bond motifs is 5. The van der Waals surface area contributed by atoms with Crippen LogP contribution < -0.4 is 27.4 Å². The second-order valence-electron chi connectivity index (χ2n) is 11.4. The van der Waals surface area contributed by atoms with Crippen molar-refractivity contribution in [3.8, 4) is 22.6 Å². The lowest BCUT2D eigenvalue weighted by molar-refractivity contribution is -0.142. The number of rotatable bonds is 7. The van der Waals surface area contributed by atoms with Crippen LogP contribution in [0.5, 0.6) is 11.5 Å². The fraction of sp³-hybridized carbons (Fsp3) is 0.516. The summed E-state index contributed by atoms with van der Waals surface area (Å²) >= 11 is 0. The molecule has 1 saturated heterocycles. The van der Waals surface area contributed by atoms with Crippen LogP contribution >= 0.6 is 0 Å². The molecule has 4 atom stereocenters. The van der Waals surface area contributed by atoms with Gasteiger partial charge in [-0.15, -0.1) is 0 Å². The summed E-state index contributed by atoms with van der Waals surface area (Å²) in [6.45, 7) is 1.73. The largest absolute Gasteiger partial charge is 0.508 e. The lowest BCUT2D eigenvalue weighted by Crippen LogP contribution is -2.57. The van der Waals surface area contributed by atoms with Crippen molar-refractivity contribution in [1.29, 1.82) is 0 Å². The minimum atomic E-state index is -1.03. The van der Waals surface area contributed by atoms with Crippen LogP contribution in [0, 0.1) is 0 Å². The molecule has 11 nitrogen and oxygen atoms in total. The molecule has 9 N–H and O–H groups in total. The summed E-state index contributed by atoms with van der Waals surface area (Å²) in [4.78, 5) is 42.0. The summed E-state index contributed by atoms with van der Waals surface area (Å²) in [5.74, 6) is -1.34. The molecule has 1 fully saturated rings. The van der Waals surface area contributed by atoms with E-state index in [1.54, 1.807) is 36.4 Å². The zero-order valence-electron chi connectivity index (χ0n) is 24.3. The molecule has 1 unspecified atom stereocenters. The van der Waals surface area contributed by atoms with Crippen LogP contribution in [0.25, 0.3) is 11.1 Å². The molecule has 11 heteroatoms. The molecule has 2 aromatic rings. The molecule has 0 radical (unpaired) electrons. The van der Waals surface area contributed by atoms with Crippen LogP contribution in [0.2, 0.25) is 0 Å². The van der Waals surface area contributed by atoms with Gasteiger partial charge >= 0.3 is 0 Å². The molecule has 2 aliphatic rings. The number of hydrogen-bond donors (Lipinski definition) is 7. The molecule has 0 saturated carbocycles. The normalized spacial score (nSPS) is 23.5. The van der Waals surface area contributed by atoms with Gasteiger partial charge in [-0.05, 0) is 91.7 Å². The minimum absolute atomic E-state index is 0.000900. The van der Waals surface area contributed by atoms with Crippen molar-refractivity contribution < 1.29 is 24.6 Å². The van der Waals surface area contributed by atoms with Gasteiger partial charge in [0.2, 0.25) is 17.7 Å². The molecule has 0 spiro atoms. The third-order valence-corrected chi connectivity index (χ3v) is 8.32. The Morgan fingerprint density at radius 1 is 1.02 bits per heavy atom. The summed E-state index contributed by atoms with van der Waals surface area (Å²) in [6, 6.07) is 7.51. The number of phenolic OH excluding ortho intramolecular Hbond substituents is 2. The number of phenols is 2. The highest BCUT2D eigenvalue weighted by molar-refractivity contribution is 5.93. The Hall–Kier alpha value is -3.67. The van der Waals surface area contributed by atoms with Crippen LogP contribution in [-0.4, -0.2) is 83.7 Å². The number of benzene rings is 2. The number of aromatic hydroxyl groups is 2. The number of amides is 3. The van der Waals surface area contributed by atoms with Gasteiger partial charge in [-0.2, -0.15) is 0 Å². The van der Waals surface area contributed by atoms with Crippen molar-refractivity contribution in [3.05, 3.63) is 47.5 Å². The molecule has 42 heavy (non-hydrogen) atoms. The van der Waals surface area contributed by atoms with E-state index in [1.165, 1.54) is 11.9 Å². The third kappa shape index (κ3) is 7.78. The van der Waals surface area contributed by atoms with E-state index in [9.17, 15) is 24.6 Å². The number of piperidine rings is 1. The zero-order valence-corrected chi connectivity index (χ0v) is 24.3. The van der Waals surface area contributed by atoms with Crippen molar-refractivity contribution in [1.82, 2.24) is 20.9 Å². The lowest BCUT2D eigenvalue weighted by atomic mass is 9.95. The number of nitrogens with zero attached hydrogens (tertiary/aromatic N) is 1. The summed E-state index contributed by atoms with van der Waals surface area (Å²) in [5.41, 5.74) is 14.4. The Morgan fingerprint density at radius 3 is 2.31 bits per heavy atom. The number of nitrogens with two attached hydrogens (primary N) is 2. The van der Waals surface area contributed by atoms with Crippen molar-refractivity contribution in [2.45, 2.75) is 75.5 Å². The first-order chi connectivity index (χ1) is 20.2. The van der Waals surface area contributed by atoms with Gasteiger partial charge < -0.3 is 42.5 Å². The van der Waals surface area contributed by atoms with E-state index >= 15 is 0 Å². The van der Waals surface area contributed by atoms with E-state index in [0.29, 0.717) is 36.7 Å². The molecular formula is C31H44N6O5. The Labute approximate surface area is 247 Å². The SMILES string of the molecule is CN1C(=O)[C@H](CCCN)NC(=O)[C@@H](N)Cc2cc(ccc2O)-c2ccc(O)c(c2)C[C@H]1C(=O)NCCC1CCCCN1. The van der Waals surface area contributed by atoms with Crippen molar-refractivity contribution >= 4 is 17.7 Å². The lowest BCUT2D eigenvalue weighted by Gasteiger charge is -2.32. The summed E-state index contributed by atoms with van der Waals surface area (Å²) in [5, 5.41) is 30.5. The summed E-state index contributed by atoms with van der Waals surface area (Å²) in [7, 11) is 1.54. The average Bonchev–Trinajstić information content (AvgIpc) is 2.99. The quantitative estimate of drug-likeness (QED) is 0.252. The highest BCUT2D eigenvalue weighted by Gasteiger charge is 2.34. The molecule has 0 aliphatic carbocycles. The maximum absolute atomic E-state index is 13.8. The van der Waals surface area contributed by atoms with Gasteiger partial charge in [0.15, 0.2) is 0 Å². The summed E-state index contributed by atoms with van der Waals surface area (Å²) in [6.07, 6.45) is 4.97. The molecule has 3 amide bonds. The first-order valence-electron chi connectivity index (χ1n) is 14.9. The fourth-order valence-electron chi connectivity index (χ4n) is 5.72. The molecule has 228 valence electrons. The fourth-order valence-corrected chi connectivity index (χ4v) is 5.72. The van der Waals surface area contributed by atoms with Crippen LogP contribution in [0.1, 0.15) is 49.7 Å². The van der Waals surface area contributed by atoms with E-state index < -0.39 is 29.9 Å². The van der Waals surface area contributed by atoms with Gasteiger partial charge in [0.25, 0.3) is 0 Å². The maximum atomic E-state index is 13.8. The molecule has 4 bridgehead atoms. The maximum Gasteiger partial charge on any atom is 0.245 e. The van der Waals surface area contributed by atoms with Crippen LogP contribution in [0.15, 0.2) is 36.4 Å². The van der Waals surface area contributed by atoms with Gasteiger partial charge in [-0.1, -0.05) is 18.6 Å². The topological polar surface area (TPSA) is 183 Å². The Morgan fingerprint density at radius 2 is 1.69 bits per heavy atom. The average molecular weight is 581 g/mol. The number of carbonyl (C=O) groups is 3. The van der Waals surface area contributed by atoms with Gasteiger partial charge in [-0.3, -0.25) is 14.4 Å². The van der Waals surface area contributed by atoms with Gasteiger partial charge in [0.1, 0.15) is 23.6 Å². The molecule has 0 aromatic heterocycles. The van der Waals surface area contributed by atoms with E-state index in [4.69, 9.17) is 11.5 Å². The molecule has 2 heterocycles. The third-order valence-electron chi connectivity index (χ3n) is 8.32. The second kappa shape index (κ2) is 14.5. The second-order valence-corrected chi connectivity index (χ2v) is 11.4. The monoisotopic (exact) mass is 580 g/mol. The molecule has 2 aliphatic heterocycles. The minimum Gasteiger partial charge on any atom is -0.508 e. The Kier molecular flexibility index (Phi) is 10.8. The summed E-state index contributed by atoms with van der Waals surface area (Å²) < 4.78 is 0. The number of likely N-dealkylation sites (N-methyl/N-ethyl adjacent to an activating group) is 1. The molecule has 2 aromatic carbocycles. The van der Waals surface area contributed by atoms with Gasteiger partial charge in [-0.25, -0.2) is 0 Å². The van der Waals surface area contributed by atoms with E-state index in [1.807, 2.05) is 0 Å².